The van der Waals surface area contributed by atoms with Crippen molar-refractivity contribution in [1.29, 1.82) is 0 Å². The maximum Gasteiger partial charge on any atom is 0.339 e. The van der Waals surface area contributed by atoms with Gasteiger partial charge in [-0.15, -0.1) is 0 Å². The van der Waals surface area contributed by atoms with E-state index in [2.05, 4.69) is 13.0 Å². The molecule has 112 valence electrons. The SMILES string of the molecule is CCCCOc1ccc2c3c(c(=O)oc2c1C)CCCC3. The minimum absolute atomic E-state index is 0.161. The lowest BCUT2D eigenvalue weighted by Gasteiger charge is -2.18. The van der Waals surface area contributed by atoms with Crippen LogP contribution in [0.1, 0.15) is 49.3 Å². The molecule has 1 aliphatic rings. The van der Waals surface area contributed by atoms with Gasteiger partial charge in [-0.25, -0.2) is 4.79 Å². The first-order chi connectivity index (χ1) is 10.2. The van der Waals surface area contributed by atoms with Crippen LogP contribution in [0.15, 0.2) is 21.3 Å². The Labute approximate surface area is 124 Å². The molecule has 0 atom stereocenters. The fraction of sp³-hybridized carbons (Fsp3) is 0.500. The molecule has 1 aromatic heterocycles. The smallest absolute Gasteiger partial charge is 0.339 e. The summed E-state index contributed by atoms with van der Waals surface area (Å²) in [5.41, 5.74) is 3.55. The summed E-state index contributed by atoms with van der Waals surface area (Å²) < 4.78 is 11.4. The van der Waals surface area contributed by atoms with E-state index in [0.29, 0.717) is 12.2 Å². The number of rotatable bonds is 4. The Morgan fingerprint density at radius 1 is 1.19 bits per heavy atom. The van der Waals surface area contributed by atoms with Crippen LogP contribution in [-0.4, -0.2) is 6.61 Å². The summed E-state index contributed by atoms with van der Waals surface area (Å²) in [5, 5.41) is 1.09. The summed E-state index contributed by atoms with van der Waals surface area (Å²) in [6.07, 6.45) is 6.20. The number of benzene rings is 1. The highest BCUT2D eigenvalue weighted by Gasteiger charge is 2.19. The summed E-state index contributed by atoms with van der Waals surface area (Å²) >= 11 is 0. The molecule has 0 unspecified atom stereocenters. The molecular formula is C18H22O3. The van der Waals surface area contributed by atoms with Gasteiger partial charge in [-0.05, 0) is 56.7 Å². The standard InChI is InChI=1S/C18H22O3/c1-3-4-11-20-16-10-9-14-13-7-5-6-8-15(13)18(19)21-17(14)12(16)2/h9-10H,3-8,11H2,1-2H3. The Morgan fingerprint density at radius 2 is 1.95 bits per heavy atom. The van der Waals surface area contributed by atoms with Gasteiger partial charge in [0.2, 0.25) is 0 Å². The Balaban J connectivity index is 2.09. The van der Waals surface area contributed by atoms with Crippen LogP contribution < -0.4 is 10.4 Å². The molecule has 0 fully saturated rings. The fourth-order valence-corrected chi connectivity index (χ4v) is 3.11. The van der Waals surface area contributed by atoms with E-state index in [0.717, 1.165) is 60.8 Å². The van der Waals surface area contributed by atoms with Crippen LogP contribution in [0, 0.1) is 6.92 Å². The quantitative estimate of drug-likeness (QED) is 0.626. The summed E-state index contributed by atoms with van der Waals surface area (Å²) in [4.78, 5) is 12.2. The molecule has 0 radical (unpaired) electrons. The lowest BCUT2D eigenvalue weighted by molar-refractivity contribution is 0.307. The number of ether oxygens (including phenoxy) is 1. The lowest BCUT2D eigenvalue weighted by Crippen LogP contribution is -2.16. The Bertz CT molecular complexity index is 712. The zero-order valence-electron chi connectivity index (χ0n) is 12.8. The summed E-state index contributed by atoms with van der Waals surface area (Å²) in [6.45, 7) is 4.82. The van der Waals surface area contributed by atoms with Crippen LogP contribution in [-0.2, 0) is 12.8 Å². The first-order valence-corrected chi connectivity index (χ1v) is 7.93. The second-order valence-corrected chi connectivity index (χ2v) is 5.82. The van der Waals surface area contributed by atoms with E-state index in [-0.39, 0.29) is 5.63 Å². The zero-order valence-corrected chi connectivity index (χ0v) is 12.8. The first kappa shape index (κ1) is 14.2. The normalized spacial score (nSPS) is 14.2. The van der Waals surface area contributed by atoms with Gasteiger partial charge >= 0.3 is 5.63 Å². The molecule has 0 saturated carbocycles. The predicted molar refractivity (Wildman–Crippen MR) is 84.3 cm³/mol. The molecule has 3 nitrogen and oxygen atoms in total. The molecule has 1 aromatic carbocycles. The van der Waals surface area contributed by atoms with Gasteiger partial charge in [0, 0.05) is 16.5 Å². The van der Waals surface area contributed by atoms with Gasteiger partial charge in [0.1, 0.15) is 11.3 Å². The first-order valence-electron chi connectivity index (χ1n) is 7.93. The van der Waals surface area contributed by atoms with Crippen LogP contribution in [0.3, 0.4) is 0 Å². The highest BCUT2D eigenvalue weighted by Crippen LogP contribution is 2.32. The van der Waals surface area contributed by atoms with Crippen molar-refractivity contribution in [3.63, 3.8) is 0 Å². The third-order valence-electron chi connectivity index (χ3n) is 4.35. The molecule has 21 heavy (non-hydrogen) atoms. The molecule has 0 bridgehead atoms. The Kier molecular flexibility index (Phi) is 4.00. The van der Waals surface area contributed by atoms with Gasteiger partial charge in [0.25, 0.3) is 0 Å². The number of unbranched alkanes of at least 4 members (excludes halogenated alkanes) is 1. The lowest BCUT2D eigenvalue weighted by atomic mass is 9.90. The second kappa shape index (κ2) is 5.92. The van der Waals surface area contributed by atoms with Crippen molar-refractivity contribution >= 4 is 11.0 Å². The number of fused-ring (bicyclic) bond motifs is 3. The molecule has 0 saturated heterocycles. The number of hydrogen-bond acceptors (Lipinski definition) is 3. The average molecular weight is 286 g/mol. The molecule has 0 spiro atoms. The van der Waals surface area contributed by atoms with Crippen molar-refractivity contribution in [2.45, 2.75) is 52.4 Å². The molecule has 0 amide bonds. The number of aryl methyl sites for hydroxylation is 2. The van der Waals surface area contributed by atoms with E-state index in [9.17, 15) is 4.79 Å². The van der Waals surface area contributed by atoms with Crippen molar-refractivity contribution in [2.24, 2.45) is 0 Å². The van der Waals surface area contributed by atoms with Gasteiger partial charge < -0.3 is 9.15 Å². The van der Waals surface area contributed by atoms with Gasteiger partial charge in [-0.3, -0.25) is 0 Å². The number of hydrogen-bond donors (Lipinski definition) is 0. The molecule has 3 rings (SSSR count). The van der Waals surface area contributed by atoms with Crippen LogP contribution in [0.4, 0.5) is 0 Å². The maximum absolute atomic E-state index is 12.2. The largest absolute Gasteiger partial charge is 0.493 e. The van der Waals surface area contributed by atoms with Gasteiger partial charge in [0.15, 0.2) is 0 Å². The van der Waals surface area contributed by atoms with Crippen LogP contribution in [0.5, 0.6) is 5.75 Å². The van der Waals surface area contributed by atoms with E-state index in [4.69, 9.17) is 9.15 Å². The van der Waals surface area contributed by atoms with Gasteiger partial charge in [-0.2, -0.15) is 0 Å². The minimum atomic E-state index is -0.161. The van der Waals surface area contributed by atoms with Crippen molar-refractivity contribution in [2.75, 3.05) is 6.61 Å². The van der Waals surface area contributed by atoms with Crippen LogP contribution in [0.2, 0.25) is 0 Å². The molecule has 1 heterocycles. The van der Waals surface area contributed by atoms with E-state index in [1.54, 1.807) is 0 Å². The summed E-state index contributed by atoms with van der Waals surface area (Å²) in [7, 11) is 0. The topological polar surface area (TPSA) is 39.4 Å². The molecular weight excluding hydrogens is 264 g/mol. The zero-order chi connectivity index (χ0) is 14.8. The van der Waals surface area contributed by atoms with E-state index < -0.39 is 0 Å². The van der Waals surface area contributed by atoms with E-state index >= 15 is 0 Å². The molecule has 1 aliphatic carbocycles. The van der Waals surface area contributed by atoms with E-state index in [1.807, 2.05) is 13.0 Å². The van der Waals surface area contributed by atoms with Gasteiger partial charge in [-0.1, -0.05) is 13.3 Å². The molecule has 0 aliphatic heterocycles. The highest BCUT2D eigenvalue weighted by atomic mass is 16.5. The summed E-state index contributed by atoms with van der Waals surface area (Å²) in [5.74, 6) is 0.829. The highest BCUT2D eigenvalue weighted by molar-refractivity contribution is 5.86. The second-order valence-electron chi connectivity index (χ2n) is 5.82. The molecule has 3 heteroatoms. The third-order valence-corrected chi connectivity index (χ3v) is 4.35. The van der Waals surface area contributed by atoms with Crippen molar-refractivity contribution in [3.05, 3.63) is 39.2 Å². The van der Waals surface area contributed by atoms with Crippen molar-refractivity contribution in [1.82, 2.24) is 0 Å². The minimum Gasteiger partial charge on any atom is -0.493 e. The maximum atomic E-state index is 12.2. The monoisotopic (exact) mass is 286 g/mol. The average Bonchev–Trinajstić information content (AvgIpc) is 2.51. The summed E-state index contributed by atoms with van der Waals surface area (Å²) in [6, 6.07) is 4.07. The Morgan fingerprint density at radius 3 is 2.71 bits per heavy atom. The third kappa shape index (κ3) is 2.57. The fourth-order valence-electron chi connectivity index (χ4n) is 3.11. The van der Waals surface area contributed by atoms with Crippen molar-refractivity contribution in [3.8, 4) is 5.75 Å². The molecule has 2 aromatic rings. The Hall–Kier alpha value is -1.77. The van der Waals surface area contributed by atoms with Crippen LogP contribution >= 0.6 is 0 Å². The van der Waals surface area contributed by atoms with Crippen molar-refractivity contribution < 1.29 is 9.15 Å². The predicted octanol–water partition coefficient (Wildman–Crippen LogP) is 4.16. The van der Waals surface area contributed by atoms with Gasteiger partial charge in [0.05, 0.1) is 6.61 Å². The molecule has 0 N–H and O–H groups in total. The van der Waals surface area contributed by atoms with Crippen LogP contribution in [0.25, 0.3) is 11.0 Å². The van der Waals surface area contributed by atoms with E-state index in [1.165, 1.54) is 5.56 Å².